The lowest BCUT2D eigenvalue weighted by Crippen LogP contribution is -2.25. The molecule has 4 rings (SSSR count). The van der Waals surface area contributed by atoms with Crippen LogP contribution in [0.3, 0.4) is 0 Å². The van der Waals surface area contributed by atoms with E-state index in [1.165, 1.54) is 22.3 Å². The predicted octanol–water partition coefficient (Wildman–Crippen LogP) is 1.85. The lowest BCUT2D eigenvalue weighted by molar-refractivity contribution is 0.807. The molecule has 46 valence electrons. The minimum Gasteiger partial charge on any atom is -0.192 e. The highest BCUT2D eigenvalue weighted by Crippen LogP contribution is 2.56. The predicted molar refractivity (Wildman–Crippen MR) is 37.0 cm³/mol. The van der Waals surface area contributed by atoms with Crippen LogP contribution in [0.1, 0.15) is 12.8 Å². The number of hydrogen-bond donors (Lipinski definition) is 0. The summed E-state index contributed by atoms with van der Waals surface area (Å²) in [6, 6.07) is 2.22. The fraction of sp³-hybridized carbons (Fsp3) is 0.222. The van der Waals surface area contributed by atoms with Crippen LogP contribution in [0, 0.1) is 11.3 Å². The Balaban J connectivity index is 2.36. The highest BCUT2D eigenvalue weighted by Gasteiger charge is 2.39. The van der Waals surface area contributed by atoms with Crippen LogP contribution in [-0.2, 0) is 0 Å². The van der Waals surface area contributed by atoms with E-state index < -0.39 is 0 Å². The van der Waals surface area contributed by atoms with E-state index in [0.29, 0.717) is 0 Å². The van der Waals surface area contributed by atoms with Gasteiger partial charge in [0.25, 0.3) is 0 Å². The molecular weight excluding hydrogens is 122 g/mol. The second-order valence-corrected chi connectivity index (χ2v) is 2.98. The van der Waals surface area contributed by atoms with Gasteiger partial charge in [-0.3, -0.25) is 0 Å². The summed E-state index contributed by atoms with van der Waals surface area (Å²) in [6.07, 6.45) is 4.28. The molecular formula is C9H5N. The van der Waals surface area contributed by atoms with Crippen molar-refractivity contribution in [2.24, 2.45) is 0 Å². The van der Waals surface area contributed by atoms with Gasteiger partial charge in [-0.15, -0.1) is 0 Å². The second kappa shape index (κ2) is 1.11. The molecule has 0 radical (unpaired) electrons. The summed E-state index contributed by atoms with van der Waals surface area (Å²) in [7, 11) is 0. The molecule has 0 heterocycles. The van der Waals surface area contributed by atoms with Crippen LogP contribution >= 0.6 is 0 Å². The van der Waals surface area contributed by atoms with Crippen molar-refractivity contribution in [3.8, 4) is 6.07 Å². The van der Waals surface area contributed by atoms with E-state index in [4.69, 9.17) is 5.26 Å². The van der Waals surface area contributed by atoms with Crippen molar-refractivity contribution in [1.29, 1.82) is 5.26 Å². The van der Waals surface area contributed by atoms with E-state index in [9.17, 15) is 0 Å². The van der Waals surface area contributed by atoms with Gasteiger partial charge in [0.2, 0.25) is 0 Å². The largest absolute Gasteiger partial charge is 0.192 e. The zero-order chi connectivity index (χ0) is 6.72. The van der Waals surface area contributed by atoms with Gasteiger partial charge in [-0.25, -0.2) is 0 Å². The zero-order valence-corrected chi connectivity index (χ0v) is 5.44. The quantitative estimate of drug-likeness (QED) is 0.487. The molecule has 0 aromatic rings. The Morgan fingerprint density at radius 1 is 1.20 bits per heavy atom. The van der Waals surface area contributed by atoms with Gasteiger partial charge in [0.05, 0.1) is 11.6 Å². The van der Waals surface area contributed by atoms with Gasteiger partial charge >= 0.3 is 0 Å². The third-order valence-electron chi connectivity index (χ3n) is 2.60. The van der Waals surface area contributed by atoms with Crippen molar-refractivity contribution in [3.05, 3.63) is 33.9 Å². The smallest absolute Gasteiger partial charge is 0.0994 e. The normalized spacial score (nSPS) is 24.9. The van der Waals surface area contributed by atoms with E-state index in [1.54, 1.807) is 0 Å². The molecule has 0 fully saturated rings. The zero-order valence-electron chi connectivity index (χ0n) is 5.44. The van der Waals surface area contributed by atoms with E-state index >= 15 is 0 Å². The summed E-state index contributed by atoms with van der Waals surface area (Å²) in [5, 5.41) is 8.65. The van der Waals surface area contributed by atoms with Crippen molar-refractivity contribution in [3.63, 3.8) is 0 Å². The van der Waals surface area contributed by atoms with Gasteiger partial charge < -0.3 is 0 Å². The first-order valence-electron chi connectivity index (χ1n) is 3.47. The summed E-state index contributed by atoms with van der Waals surface area (Å²) >= 11 is 0. The van der Waals surface area contributed by atoms with E-state index in [-0.39, 0.29) is 0 Å². The third-order valence-corrected chi connectivity index (χ3v) is 2.60. The van der Waals surface area contributed by atoms with E-state index in [2.05, 4.69) is 6.07 Å². The Bertz CT molecular complexity index is 372. The molecule has 0 N–H and O–H groups in total. The summed E-state index contributed by atoms with van der Waals surface area (Å²) in [5.74, 6) is 0. The second-order valence-electron chi connectivity index (χ2n) is 2.98. The first kappa shape index (κ1) is 4.51. The minimum atomic E-state index is 0.922. The fourth-order valence-electron chi connectivity index (χ4n) is 1.93. The molecule has 4 aliphatic rings. The van der Waals surface area contributed by atoms with Gasteiger partial charge in [0.1, 0.15) is 0 Å². The molecule has 0 aromatic carbocycles. The molecule has 0 spiro atoms. The van der Waals surface area contributed by atoms with Gasteiger partial charge in [0.15, 0.2) is 0 Å². The van der Waals surface area contributed by atoms with Gasteiger partial charge in [-0.1, -0.05) is 0 Å². The number of fused-ring (bicyclic) bond motifs is 1. The lowest BCUT2D eigenvalue weighted by atomic mass is 9.61. The van der Waals surface area contributed by atoms with Crippen LogP contribution in [-0.4, -0.2) is 0 Å². The van der Waals surface area contributed by atoms with Crippen LogP contribution in [0.25, 0.3) is 0 Å². The molecule has 10 heavy (non-hydrogen) atoms. The highest BCUT2D eigenvalue weighted by molar-refractivity contribution is 5.76. The minimum absolute atomic E-state index is 0.922. The van der Waals surface area contributed by atoms with Crippen molar-refractivity contribution in [2.75, 3.05) is 0 Å². The van der Waals surface area contributed by atoms with Gasteiger partial charge in [-0.2, -0.15) is 5.26 Å². The van der Waals surface area contributed by atoms with Gasteiger partial charge in [-0.05, 0) is 41.2 Å². The number of allylic oxidation sites excluding steroid dienone is 6. The standard InChI is InChI=1S/C9H5N/c10-4-6-1-5-2-9-7(5)3-8(6)9/h1H,2-3H2. The average molecular weight is 127 g/mol. The molecule has 1 heteroatoms. The van der Waals surface area contributed by atoms with Crippen molar-refractivity contribution in [2.45, 2.75) is 12.8 Å². The molecule has 0 aliphatic heterocycles. The molecule has 0 saturated carbocycles. The summed E-state index contributed by atoms with van der Waals surface area (Å²) in [5.41, 5.74) is 6.68. The molecule has 1 nitrogen and oxygen atoms in total. The lowest BCUT2D eigenvalue weighted by Gasteiger charge is -2.42. The fourth-order valence-corrected chi connectivity index (χ4v) is 1.93. The maximum Gasteiger partial charge on any atom is 0.0994 e. The topological polar surface area (TPSA) is 23.8 Å². The van der Waals surface area contributed by atoms with Crippen molar-refractivity contribution in [1.82, 2.24) is 0 Å². The summed E-state index contributed by atoms with van der Waals surface area (Å²) in [4.78, 5) is 0. The molecule has 0 aromatic heterocycles. The Labute approximate surface area is 59.0 Å². The molecule has 4 bridgehead atoms. The maximum atomic E-state index is 8.65. The van der Waals surface area contributed by atoms with Crippen LogP contribution in [0.5, 0.6) is 0 Å². The SMILES string of the molecule is N#CC1=C2CC3=C2CC3=C1. The van der Waals surface area contributed by atoms with Crippen LogP contribution < -0.4 is 0 Å². The molecule has 0 saturated heterocycles. The first-order chi connectivity index (χ1) is 4.90. The van der Waals surface area contributed by atoms with Crippen LogP contribution in [0.4, 0.5) is 0 Å². The Morgan fingerprint density at radius 3 is 2.40 bits per heavy atom. The van der Waals surface area contributed by atoms with Crippen LogP contribution in [0.2, 0.25) is 0 Å². The maximum absolute atomic E-state index is 8.65. The third kappa shape index (κ3) is 0.265. The van der Waals surface area contributed by atoms with E-state index in [1.807, 2.05) is 6.08 Å². The molecule has 4 aliphatic carbocycles. The molecule has 0 amide bonds. The average Bonchev–Trinajstić information content (AvgIpc) is 1.99. The van der Waals surface area contributed by atoms with Crippen molar-refractivity contribution < 1.29 is 0 Å². The van der Waals surface area contributed by atoms with Gasteiger partial charge in [0, 0.05) is 0 Å². The number of nitrogens with zero attached hydrogens (tertiary/aromatic N) is 1. The Hall–Kier alpha value is -1.29. The monoisotopic (exact) mass is 127 g/mol. The number of rotatable bonds is 0. The highest BCUT2D eigenvalue weighted by atomic mass is 14.4. The van der Waals surface area contributed by atoms with Crippen LogP contribution in [0.15, 0.2) is 33.9 Å². The number of hydrogen-bond acceptors (Lipinski definition) is 1. The van der Waals surface area contributed by atoms with Crippen molar-refractivity contribution >= 4 is 0 Å². The Morgan fingerprint density at radius 2 is 2.10 bits per heavy atom. The Kier molecular flexibility index (Phi) is 0.500. The summed E-state index contributed by atoms with van der Waals surface area (Å²) in [6.45, 7) is 0. The summed E-state index contributed by atoms with van der Waals surface area (Å²) < 4.78 is 0. The first-order valence-corrected chi connectivity index (χ1v) is 3.47. The van der Waals surface area contributed by atoms with E-state index in [0.717, 1.165) is 18.4 Å². The molecule has 0 atom stereocenters. The number of nitriles is 1. The molecule has 0 unspecified atom stereocenters.